The van der Waals surface area contributed by atoms with Crippen LogP contribution in [0, 0.1) is 5.92 Å². The topological polar surface area (TPSA) is 46.0 Å². The predicted octanol–water partition coefficient (Wildman–Crippen LogP) is 3.98. The molecule has 1 aromatic heterocycles. The number of nitrogens with one attached hydrogen (secondary N) is 1. The summed E-state index contributed by atoms with van der Waals surface area (Å²) in [5, 5.41) is 0.0231. The standard InChI is InChI=1S/C14H16ClNO2/c15-13(9-4-2-1-3-5-9)10-6-7-11-12(8-10)18-14(17)16-11/h6-9,13H,1-5H2,(H,16,17). The molecule has 0 saturated heterocycles. The first-order valence-electron chi connectivity index (χ1n) is 6.51. The van der Waals surface area contributed by atoms with Crippen molar-refractivity contribution in [2.75, 3.05) is 0 Å². The van der Waals surface area contributed by atoms with Gasteiger partial charge >= 0.3 is 5.76 Å². The van der Waals surface area contributed by atoms with Gasteiger partial charge in [0, 0.05) is 0 Å². The van der Waals surface area contributed by atoms with Crippen molar-refractivity contribution in [1.29, 1.82) is 0 Å². The minimum absolute atomic E-state index is 0.0231. The summed E-state index contributed by atoms with van der Waals surface area (Å²) in [5.74, 6) is 0.134. The van der Waals surface area contributed by atoms with Gasteiger partial charge in [-0.15, -0.1) is 11.6 Å². The van der Waals surface area contributed by atoms with Crippen LogP contribution >= 0.6 is 11.6 Å². The third-order valence-electron chi connectivity index (χ3n) is 3.83. The summed E-state index contributed by atoms with van der Waals surface area (Å²) in [6, 6.07) is 5.74. The molecule has 3 nitrogen and oxygen atoms in total. The molecule has 4 heteroatoms. The van der Waals surface area contributed by atoms with Gasteiger partial charge < -0.3 is 4.42 Å². The minimum Gasteiger partial charge on any atom is -0.408 e. The van der Waals surface area contributed by atoms with Crippen molar-refractivity contribution in [2.45, 2.75) is 37.5 Å². The van der Waals surface area contributed by atoms with Crippen molar-refractivity contribution in [1.82, 2.24) is 4.98 Å². The van der Waals surface area contributed by atoms with Crippen LogP contribution in [0.3, 0.4) is 0 Å². The summed E-state index contributed by atoms with van der Waals surface area (Å²) in [4.78, 5) is 13.8. The maximum Gasteiger partial charge on any atom is 0.417 e. The number of H-pyrrole nitrogens is 1. The van der Waals surface area contributed by atoms with Crippen LogP contribution in [0.5, 0.6) is 0 Å². The second-order valence-corrected chi connectivity index (χ2v) is 5.54. The largest absolute Gasteiger partial charge is 0.417 e. The van der Waals surface area contributed by atoms with E-state index in [1.807, 2.05) is 18.2 Å². The van der Waals surface area contributed by atoms with Crippen LogP contribution in [0.25, 0.3) is 11.1 Å². The maximum atomic E-state index is 11.1. The molecule has 1 atom stereocenters. The van der Waals surface area contributed by atoms with Crippen LogP contribution in [0.4, 0.5) is 0 Å². The molecule has 1 N–H and O–H groups in total. The molecule has 1 unspecified atom stereocenters. The van der Waals surface area contributed by atoms with E-state index in [1.165, 1.54) is 32.1 Å². The van der Waals surface area contributed by atoms with E-state index in [0.717, 1.165) is 11.1 Å². The predicted molar refractivity (Wildman–Crippen MR) is 72.0 cm³/mol. The normalized spacial score (nSPS) is 19.2. The van der Waals surface area contributed by atoms with Gasteiger partial charge in [0.15, 0.2) is 5.58 Å². The fraction of sp³-hybridized carbons (Fsp3) is 0.500. The molecule has 1 saturated carbocycles. The van der Waals surface area contributed by atoms with E-state index < -0.39 is 5.76 Å². The van der Waals surface area contributed by atoms with E-state index in [9.17, 15) is 4.79 Å². The number of aromatic amines is 1. The first kappa shape index (κ1) is 11.8. The van der Waals surface area contributed by atoms with Crippen molar-refractivity contribution in [3.05, 3.63) is 34.3 Å². The van der Waals surface area contributed by atoms with E-state index >= 15 is 0 Å². The summed E-state index contributed by atoms with van der Waals surface area (Å²) in [6.07, 6.45) is 6.27. The summed E-state index contributed by atoms with van der Waals surface area (Å²) in [7, 11) is 0. The van der Waals surface area contributed by atoms with Gasteiger partial charge in [0.05, 0.1) is 10.9 Å². The Balaban J connectivity index is 1.90. The second kappa shape index (κ2) is 4.81. The Kier molecular flexibility index (Phi) is 3.16. The van der Waals surface area contributed by atoms with Crippen molar-refractivity contribution >= 4 is 22.7 Å². The van der Waals surface area contributed by atoms with Gasteiger partial charge in [-0.05, 0) is 36.5 Å². The molecule has 0 amide bonds. The smallest absolute Gasteiger partial charge is 0.408 e. The number of fused-ring (bicyclic) bond motifs is 1. The summed E-state index contributed by atoms with van der Waals surface area (Å²) in [5.41, 5.74) is 2.38. The molecule has 1 aromatic carbocycles. The van der Waals surface area contributed by atoms with E-state index in [-0.39, 0.29) is 5.38 Å². The molecule has 0 aliphatic heterocycles. The van der Waals surface area contributed by atoms with Crippen molar-refractivity contribution in [2.24, 2.45) is 5.92 Å². The lowest BCUT2D eigenvalue weighted by atomic mass is 9.84. The number of hydrogen-bond acceptors (Lipinski definition) is 2. The molecule has 3 rings (SSSR count). The molecule has 0 bridgehead atoms. The SMILES string of the molecule is O=c1[nH]c2ccc(C(Cl)C3CCCCC3)cc2o1. The first-order chi connectivity index (χ1) is 8.74. The van der Waals surface area contributed by atoms with Crippen LogP contribution in [0.2, 0.25) is 0 Å². The van der Waals surface area contributed by atoms with Crippen molar-refractivity contribution < 1.29 is 4.42 Å². The average Bonchev–Trinajstić information content (AvgIpc) is 2.78. The van der Waals surface area contributed by atoms with Gasteiger partial charge in [-0.25, -0.2) is 4.79 Å². The number of hydrogen-bond donors (Lipinski definition) is 1. The van der Waals surface area contributed by atoms with Gasteiger partial charge in [-0.3, -0.25) is 4.98 Å². The number of benzene rings is 1. The number of alkyl halides is 1. The lowest BCUT2D eigenvalue weighted by Gasteiger charge is -2.26. The van der Waals surface area contributed by atoms with Crippen molar-refractivity contribution in [3.63, 3.8) is 0 Å². The monoisotopic (exact) mass is 265 g/mol. The number of aromatic nitrogens is 1. The Morgan fingerprint density at radius 3 is 2.83 bits per heavy atom. The minimum atomic E-state index is -0.411. The van der Waals surface area contributed by atoms with Gasteiger partial charge in [0.1, 0.15) is 0 Å². The molecule has 96 valence electrons. The molecule has 1 aliphatic rings. The Labute approximate surface area is 110 Å². The third-order valence-corrected chi connectivity index (χ3v) is 4.44. The molecule has 1 aliphatic carbocycles. The Bertz CT molecular complexity index is 595. The van der Waals surface area contributed by atoms with E-state index in [0.29, 0.717) is 11.5 Å². The lowest BCUT2D eigenvalue weighted by molar-refractivity contribution is 0.348. The van der Waals surface area contributed by atoms with Gasteiger partial charge in [0.25, 0.3) is 0 Å². The van der Waals surface area contributed by atoms with E-state index in [2.05, 4.69) is 4.98 Å². The fourth-order valence-corrected chi connectivity index (χ4v) is 3.22. The van der Waals surface area contributed by atoms with Crippen LogP contribution < -0.4 is 5.76 Å². The first-order valence-corrected chi connectivity index (χ1v) is 6.94. The summed E-state index contributed by atoms with van der Waals surface area (Å²) in [6.45, 7) is 0. The third kappa shape index (κ3) is 2.19. The molecule has 0 radical (unpaired) electrons. The quantitative estimate of drug-likeness (QED) is 0.835. The van der Waals surface area contributed by atoms with Crippen LogP contribution in [0.15, 0.2) is 27.4 Å². The van der Waals surface area contributed by atoms with Crippen LogP contribution in [-0.4, -0.2) is 4.98 Å². The second-order valence-electron chi connectivity index (χ2n) is 5.07. The van der Waals surface area contributed by atoms with E-state index in [4.69, 9.17) is 16.0 Å². The van der Waals surface area contributed by atoms with Crippen LogP contribution in [0.1, 0.15) is 43.0 Å². The number of rotatable bonds is 2. The highest BCUT2D eigenvalue weighted by Crippen LogP contribution is 2.39. The highest BCUT2D eigenvalue weighted by atomic mass is 35.5. The fourth-order valence-electron chi connectivity index (χ4n) is 2.83. The van der Waals surface area contributed by atoms with Gasteiger partial charge in [-0.2, -0.15) is 0 Å². The van der Waals surface area contributed by atoms with Crippen molar-refractivity contribution in [3.8, 4) is 0 Å². The zero-order valence-corrected chi connectivity index (χ0v) is 10.9. The average molecular weight is 266 g/mol. The van der Waals surface area contributed by atoms with Crippen LogP contribution in [-0.2, 0) is 0 Å². The number of halogens is 1. The zero-order chi connectivity index (χ0) is 12.5. The molecule has 1 heterocycles. The lowest BCUT2D eigenvalue weighted by Crippen LogP contribution is -2.12. The molecule has 18 heavy (non-hydrogen) atoms. The highest BCUT2D eigenvalue weighted by molar-refractivity contribution is 6.21. The van der Waals surface area contributed by atoms with Gasteiger partial charge in [-0.1, -0.05) is 25.3 Å². The van der Waals surface area contributed by atoms with E-state index in [1.54, 1.807) is 0 Å². The molecular weight excluding hydrogens is 250 g/mol. The number of oxazole rings is 1. The Morgan fingerprint density at radius 1 is 1.28 bits per heavy atom. The molecular formula is C14H16ClNO2. The Hall–Kier alpha value is -1.22. The highest BCUT2D eigenvalue weighted by Gasteiger charge is 2.23. The molecule has 0 spiro atoms. The summed E-state index contributed by atoms with van der Waals surface area (Å²) >= 11 is 6.56. The Morgan fingerprint density at radius 2 is 2.06 bits per heavy atom. The maximum absolute atomic E-state index is 11.1. The summed E-state index contributed by atoms with van der Waals surface area (Å²) < 4.78 is 5.08. The van der Waals surface area contributed by atoms with Gasteiger partial charge in [0.2, 0.25) is 0 Å². The molecule has 1 fully saturated rings. The molecule has 2 aromatic rings. The zero-order valence-electron chi connectivity index (χ0n) is 10.1.